The van der Waals surface area contributed by atoms with E-state index in [0.717, 1.165) is 42.3 Å². The fraction of sp³-hybridized carbons (Fsp3) is 0.471. The summed E-state index contributed by atoms with van der Waals surface area (Å²) < 4.78 is 0. The maximum Gasteiger partial charge on any atom is 0.263 e. The van der Waals surface area contributed by atoms with E-state index in [1.807, 2.05) is 0 Å². The van der Waals surface area contributed by atoms with Crippen LogP contribution >= 0.6 is 11.3 Å². The van der Waals surface area contributed by atoms with Gasteiger partial charge in [-0.15, -0.1) is 11.3 Å². The third kappa shape index (κ3) is 3.73. The van der Waals surface area contributed by atoms with Crippen LogP contribution < -0.4 is 5.32 Å². The number of hydrogen-bond donors (Lipinski definition) is 2. The second kappa shape index (κ2) is 7.46. The Morgan fingerprint density at radius 1 is 1.35 bits per heavy atom. The molecule has 9 heteroatoms. The molecule has 0 saturated carbocycles. The number of likely N-dealkylation sites (tertiary alicyclic amines) is 1. The molecule has 8 nitrogen and oxygen atoms in total. The molecule has 1 aliphatic heterocycles. The lowest BCUT2D eigenvalue weighted by Gasteiger charge is -2.27. The Kier molecular flexibility index (Phi) is 4.89. The number of amides is 1. The highest BCUT2D eigenvalue weighted by Gasteiger charge is 2.22. The molecule has 1 saturated heterocycles. The molecule has 3 aromatic heterocycles. The van der Waals surface area contributed by atoms with Crippen molar-refractivity contribution in [3.8, 4) is 0 Å². The molecular weight excluding hydrogens is 350 g/mol. The number of rotatable bonds is 5. The number of carbonyl (C=O) groups is 1. The smallest absolute Gasteiger partial charge is 0.263 e. The van der Waals surface area contributed by atoms with E-state index in [4.69, 9.17) is 0 Å². The van der Waals surface area contributed by atoms with E-state index in [-0.39, 0.29) is 5.91 Å². The molecule has 3 aromatic rings. The molecule has 4 heterocycles. The van der Waals surface area contributed by atoms with Gasteiger partial charge in [-0.1, -0.05) is 0 Å². The van der Waals surface area contributed by atoms with Crippen LogP contribution in [0, 0.1) is 0 Å². The number of piperidine rings is 1. The number of fused-ring (bicyclic) bond motifs is 1. The second-order valence-corrected chi connectivity index (χ2v) is 7.65. The lowest BCUT2D eigenvalue weighted by molar-refractivity contribution is 0.0958. The first-order valence-electron chi connectivity index (χ1n) is 8.76. The molecular formula is C17H21N7OS. The van der Waals surface area contributed by atoms with Gasteiger partial charge in [-0.3, -0.25) is 4.79 Å². The first-order valence-corrected chi connectivity index (χ1v) is 9.58. The zero-order valence-corrected chi connectivity index (χ0v) is 15.4. The van der Waals surface area contributed by atoms with Crippen LogP contribution in [0.1, 0.15) is 39.3 Å². The number of hydrogen-bond acceptors (Lipinski definition) is 7. The minimum Gasteiger partial charge on any atom is -0.351 e. The largest absolute Gasteiger partial charge is 0.351 e. The fourth-order valence-electron chi connectivity index (χ4n) is 3.15. The van der Waals surface area contributed by atoms with Gasteiger partial charge < -0.3 is 15.2 Å². The van der Waals surface area contributed by atoms with Crippen LogP contribution in [0.5, 0.6) is 0 Å². The van der Waals surface area contributed by atoms with E-state index < -0.39 is 0 Å². The highest BCUT2D eigenvalue weighted by molar-refractivity contribution is 7.13. The second-order valence-electron chi connectivity index (χ2n) is 6.59. The van der Waals surface area contributed by atoms with E-state index in [2.05, 4.69) is 42.2 Å². The van der Waals surface area contributed by atoms with Crippen LogP contribution in [0.2, 0.25) is 0 Å². The SMILES string of the molecule is CN1CCC(c2ncc(C(=O)NCCc3nc4ncncc4[nH]3)s2)CC1. The van der Waals surface area contributed by atoms with Crippen molar-refractivity contribution in [1.82, 2.24) is 35.1 Å². The topological polar surface area (TPSA) is 99.7 Å². The molecule has 0 bridgehead atoms. The predicted octanol–water partition coefficient (Wildman–Crippen LogP) is 1.59. The zero-order chi connectivity index (χ0) is 17.9. The molecule has 4 rings (SSSR count). The molecule has 1 aliphatic rings. The number of nitrogens with zero attached hydrogens (tertiary/aromatic N) is 5. The molecule has 136 valence electrons. The van der Waals surface area contributed by atoms with Gasteiger partial charge in [0.2, 0.25) is 0 Å². The van der Waals surface area contributed by atoms with Gasteiger partial charge in [0, 0.05) is 18.9 Å². The van der Waals surface area contributed by atoms with Crippen molar-refractivity contribution in [2.75, 3.05) is 26.7 Å². The summed E-state index contributed by atoms with van der Waals surface area (Å²) in [5.74, 6) is 1.20. The van der Waals surface area contributed by atoms with Crippen molar-refractivity contribution in [3.05, 3.63) is 34.4 Å². The molecule has 1 fully saturated rings. The van der Waals surface area contributed by atoms with Gasteiger partial charge in [0.25, 0.3) is 5.91 Å². The molecule has 1 amide bonds. The van der Waals surface area contributed by atoms with Crippen LogP contribution in [-0.4, -0.2) is 62.4 Å². The Labute approximate surface area is 155 Å². The van der Waals surface area contributed by atoms with Gasteiger partial charge in [-0.2, -0.15) is 0 Å². The molecule has 0 unspecified atom stereocenters. The van der Waals surface area contributed by atoms with Crippen LogP contribution in [0.25, 0.3) is 11.2 Å². The molecule has 0 aliphatic carbocycles. The highest BCUT2D eigenvalue weighted by atomic mass is 32.1. The van der Waals surface area contributed by atoms with Crippen LogP contribution in [-0.2, 0) is 6.42 Å². The number of thiazole rings is 1. The summed E-state index contributed by atoms with van der Waals surface area (Å²) in [5.41, 5.74) is 1.45. The van der Waals surface area contributed by atoms with Crippen molar-refractivity contribution in [2.45, 2.75) is 25.2 Å². The number of nitrogens with one attached hydrogen (secondary N) is 2. The van der Waals surface area contributed by atoms with E-state index in [0.29, 0.717) is 29.4 Å². The average Bonchev–Trinajstić information content (AvgIpc) is 3.29. The molecule has 0 aromatic carbocycles. The first-order chi connectivity index (χ1) is 12.7. The first kappa shape index (κ1) is 17.0. The van der Waals surface area contributed by atoms with Gasteiger partial charge in [0.1, 0.15) is 22.5 Å². The number of H-pyrrole nitrogens is 1. The molecule has 2 N–H and O–H groups in total. The fourth-order valence-corrected chi connectivity index (χ4v) is 4.15. The normalized spacial score (nSPS) is 16.2. The van der Waals surface area contributed by atoms with Crippen molar-refractivity contribution in [2.24, 2.45) is 0 Å². The Hall–Kier alpha value is -2.39. The van der Waals surface area contributed by atoms with Crippen molar-refractivity contribution < 1.29 is 4.79 Å². The lowest BCUT2D eigenvalue weighted by atomic mass is 9.98. The van der Waals surface area contributed by atoms with Crippen LogP contribution in [0.15, 0.2) is 18.7 Å². The Balaban J connectivity index is 1.31. The van der Waals surface area contributed by atoms with Gasteiger partial charge in [0.15, 0.2) is 5.65 Å². The Bertz CT molecular complexity index is 864. The molecule has 0 spiro atoms. The van der Waals surface area contributed by atoms with Gasteiger partial charge >= 0.3 is 0 Å². The van der Waals surface area contributed by atoms with Crippen LogP contribution in [0.4, 0.5) is 0 Å². The average molecular weight is 371 g/mol. The minimum absolute atomic E-state index is 0.0717. The highest BCUT2D eigenvalue weighted by Crippen LogP contribution is 2.30. The van der Waals surface area contributed by atoms with E-state index in [9.17, 15) is 4.79 Å². The summed E-state index contributed by atoms with van der Waals surface area (Å²) in [6.45, 7) is 2.69. The summed E-state index contributed by atoms with van der Waals surface area (Å²) in [4.78, 5) is 35.4. The van der Waals surface area contributed by atoms with Gasteiger partial charge in [-0.25, -0.2) is 19.9 Å². The Morgan fingerprint density at radius 2 is 2.19 bits per heavy atom. The number of carbonyl (C=O) groups excluding carboxylic acids is 1. The molecule has 0 radical (unpaired) electrons. The summed E-state index contributed by atoms with van der Waals surface area (Å²) in [7, 11) is 2.14. The summed E-state index contributed by atoms with van der Waals surface area (Å²) in [6, 6.07) is 0. The minimum atomic E-state index is -0.0717. The number of imidazole rings is 1. The van der Waals surface area contributed by atoms with Gasteiger partial charge in [-0.05, 0) is 33.0 Å². The van der Waals surface area contributed by atoms with E-state index >= 15 is 0 Å². The number of aromatic amines is 1. The predicted molar refractivity (Wildman–Crippen MR) is 99.3 cm³/mol. The quantitative estimate of drug-likeness (QED) is 0.707. The van der Waals surface area contributed by atoms with Gasteiger partial charge in [0.05, 0.1) is 17.4 Å². The third-order valence-corrected chi connectivity index (χ3v) is 5.83. The summed E-state index contributed by atoms with van der Waals surface area (Å²) in [5, 5.41) is 4.02. The molecule has 26 heavy (non-hydrogen) atoms. The summed E-state index contributed by atoms with van der Waals surface area (Å²) in [6.07, 6.45) is 7.70. The lowest BCUT2D eigenvalue weighted by Crippen LogP contribution is -2.29. The van der Waals surface area contributed by atoms with E-state index in [1.54, 1.807) is 12.4 Å². The number of aromatic nitrogens is 5. The van der Waals surface area contributed by atoms with Crippen molar-refractivity contribution >= 4 is 28.4 Å². The molecule has 0 atom stereocenters. The maximum absolute atomic E-state index is 12.4. The van der Waals surface area contributed by atoms with Crippen molar-refractivity contribution in [3.63, 3.8) is 0 Å². The maximum atomic E-state index is 12.4. The monoisotopic (exact) mass is 371 g/mol. The standard InChI is InChI=1S/C17H21N7OS/c1-24-6-3-11(4-7-24)17-20-9-13(26-17)16(25)19-5-2-14-22-12-8-18-10-21-15(12)23-14/h8-11H,2-7H2,1H3,(H,19,25)(H,18,21,22,23). The van der Waals surface area contributed by atoms with Crippen molar-refractivity contribution in [1.29, 1.82) is 0 Å². The third-order valence-electron chi connectivity index (χ3n) is 4.67. The zero-order valence-electron chi connectivity index (χ0n) is 14.6. The Morgan fingerprint density at radius 3 is 3.00 bits per heavy atom. The summed E-state index contributed by atoms with van der Waals surface area (Å²) >= 11 is 1.52. The van der Waals surface area contributed by atoms with Crippen LogP contribution in [0.3, 0.4) is 0 Å². The van der Waals surface area contributed by atoms with E-state index in [1.165, 1.54) is 17.7 Å².